The van der Waals surface area contributed by atoms with Gasteiger partial charge in [-0.1, -0.05) is 36.4 Å². The number of thiocarbonyl (C=S) groups is 1. The summed E-state index contributed by atoms with van der Waals surface area (Å²) in [5.74, 6) is -0.995. The Morgan fingerprint density at radius 3 is 2.37 bits per heavy atom. The van der Waals surface area contributed by atoms with Gasteiger partial charge in [0.05, 0.1) is 5.56 Å². The maximum atomic E-state index is 11.3. The molecule has 19 heavy (non-hydrogen) atoms. The highest BCUT2D eigenvalue weighted by atomic mass is 32.1. The molecule has 0 saturated carbocycles. The van der Waals surface area contributed by atoms with Gasteiger partial charge in [-0.2, -0.15) is 0 Å². The number of hydrogen-bond donors (Lipinski definition) is 3. The van der Waals surface area contributed by atoms with E-state index in [4.69, 9.17) is 18.0 Å². The highest BCUT2D eigenvalue weighted by Crippen LogP contribution is 2.31. The molecule has 2 aromatic carbocycles. The number of anilines is 1. The Hall–Kier alpha value is -2.40. The summed E-state index contributed by atoms with van der Waals surface area (Å²) in [5.41, 5.74) is 7.62. The van der Waals surface area contributed by atoms with E-state index < -0.39 is 5.97 Å². The van der Waals surface area contributed by atoms with Crippen molar-refractivity contribution in [2.75, 3.05) is 5.32 Å². The molecule has 0 aliphatic carbocycles. The van der Waals surface area contributed by atoms with Crippen LogP contribution in [0.3, 0.4) is 0 Å². The molecule has 0 aromatic heterocycles. The Bertz CT molecular complexity index is 627. The number of benzene rings is 2. The van der Waals surface area contributed by atoms with Gasteiger partial charge in [0.2, 0.25) is 0 Å². The monoisotopic (exact) mass is 272 g/mol. The molecule has 96 valence electrons. The summed E-state index contributed by atoms with van der Waals surface area (Å²) in [6.45, 7) is 0. The molecule has 0 heterocycles. The third kappa shape index (κ3) is 2.89. The number of rotatable bonds is 3. The van der Waals surface area contributed by atoms with Crippen LogP contribution < -0.4 is 11.1 Å². The fourth-order valence-electron chi connectivity index (χ4n) is 1.88. The van der Waals surface area contributed by atoms with E-state index in [2.05, 4.69) is 5.32 Å². The van der Waals surface area contributed by atoms with Crippen LogP contribution in [0.1, 0.15) is 10.4 Å². The second-order valence-corrected chi connectivity index (χ2v) is 4.33. The highest BCUT2D eigenvalue weighted by Gasteiger charge is 2.15. The summed E-state index contributed by atoms with van der Waals surface area (Å²) >= 11 is 4.82. The molecule has 0 spiro atoms. The molecule has 0 bridgehead atoms. The zero-order valence-corrected chi connectivity index (χ0v) is 10.8. The number of carboxylic acid groups (broad SMARTS) is 1. The zero-order valence-electron chi connectivity index (χ0n) is 9.96. The third-order valence-electron chi connectivity index (χ3n) is 2.62. The lowest BCUT2D eigenvalue weighted by molar-refractivity contribution is 0.0698. The summed E-state index contributed by atoms with van der Waals surface area (Å²) in [5, 5.41) is 12.2. The van der Waals surface area contributed by atoms with Crippen LogP contribution in [0.4, 0.5) is 5.69 Å². The van der Waals surface area contributed by atoms with Crippen molar-refractivity contribution in [3.63, 3.8) is 0 Å². The van der Waals surface area contributed by atoms with Crippen LogP contribution in [0.25, 0.3) is 11.1 Å². The highest BCUT2D eigenvalue weighted by molar-refractivity contribution is 7.80. The van der Waals surface area contributed by atoms with Crippen LogP contribution in [-0.4, -0.2) is 16.2 Å². The molecule has 0 fully saturated rings. The van der Waals surface area contributed by atoms with E-state index in [-0.39, 0.29) is 10.7 Å². The van der Waals surface area contributed by atoms with Crippen molar-refractivity contribution < 1.29 is 9.90 Å². The minimum Gasteiger partial charge on any atom is -0.478 e. The normalized spacial score (nSPS) is 9.89. The molecule has 0 aliphatic rings. The first-order chi connectivity index (χ1) is 9.09. The standard InChI is InChI=1S/C14H12N2O2S/c15-14(19)16-11-8-4-7-10(13(17)18)12(11)9-5-2-1-3-6-9/h1-8H,(H,17,18)(H3,15,16,19). The summed E-state index contributed by atoms with van der Waals surface area (Å²) < 4.78 is 0. The number of nitrogens with two attached hydrogens (primary N) is 1. The fraction of sp³-hybridized carbons (Fsp3) is 0. The van der Waals surface area contributed by atoms with E-state index in [1.165, 1.54) is 0 Å². The maximum absolute atomic E-state index is 11.3. The molecule has 0 unspecified atom stereocenters. The van der Waals surface area contributed by atoms with Crippen molar-refractivity contribution >= 4 is 29.0 Å². The van der Waals surface area contributed by atoms with E-state index in [0.29, 0.717) is 11.3 Å². The van der Waals surface area contributed by atoms with Gasteiger partial charge in [0.1, 0.15) is 0 Å². The van der Waals surface area contributed by atoms with Crippen LogP contribution in [0.5, 0.6) is 0 Å². The molecule has 5 heteroatoms. The second-order valence-electron chi connectivity index (χ2n) is 3.89. The lowest BCUT2D eigenvalue weighted by Crippen LogP contribution is -2.20. The first-order valence-corrected chi connectivity index (χ1v) is 5.98. The molecule has 4 N–H and O–H groups in total. The molecule has 0 atom stereocenters. The topological polar surface area (TPSA) is 75.3 Å². The Morgan fingerprint density at radius 1 is 1.11 bits per heavy atom. The predicted molar refractivity (Wildman–Crippen MR) is 79.2 cm³/mol. The summed E-state index contributed by atoms with van der Waals surface area (Å²) in [6.07, 6.45) is 0. The lowest BCUT2D eigenvalue weighted by Gasteiger charge is -2.13. The van der Waals surface area contributed by atoms with Gasteiger partial charge in [-0.15, -0.1) is 0 Å². The maximum Gasteiger partial charge on any atom is 0.336 e. The zero-order chi connectivity index (χ0) is 13.8. The van der Waals surface area contributed by atoms with E-state index in [1.807, 2.05) is 30.3 Å². The second kappa shape index (κ2) is 5.49. The van der Waals surface area contributed by atoms with Gasteiger partial charge < -0.3 is 16.2 Å². The number of aromatic carboxylic acids is 1. The summed E-state index contributed by atoms with van der Waals surface area (Å²) in [6, 6.07) is 14.2. The number of nitrogens with one attached hydrogen (secondary N) is 1. The Morgan fingerprint density at radius 2 is 1.79 bits per heavy atom. The van der Waals surface area contributed by atoms with E-state index >= 15 is 0 Å². The van der Waals surface area contributed by atoms with Crippen molar-refractivity contribution in [2.45, 2.75) is 0 Å². The Balaban J connectivity index is 2.66. The van der Waals surface area contributed by atoms with E-state index in [0.717, 1.165) is 5.56 Å². The third-order valence-corrected chi connectivity index (χ3v) is 2.72. The quantitative estimate of drug-likeness (QED) is 0.749. The van der Waals surface area contributed by atoms with E-state index in [1.54, 1.807) is 18.2 Å². The molecular formula is C14H12N2O2S. The van der Waals surface area contributed by atoms with Crippen molar-refractivity contribution in [2.24, 2.45) is 5.73 Å². The largest absolute Gasteiger partial charge is 0.478 e. The van der Waals surface area contributed by atoms with Crippen molar-refractivity contribution in [3.8, 4) is 11.1 Å². The summed E-state index contributed by atoms with van der Waals surface area (Å²) in [7, 11) is 0. The SMILES string of the molecule is NC(=S)Nc1cccc(C(=O)O)c1-c1ccccc1. The van der Waals surface area contributed by atoms with Crippen LogP contribution in [-0.2, 0) is 0 Å². The number of hydrogen-bond acceptors (Lipinski definition) is 2. The van der Waals surface area contributed by atoms with Gasteiger partial charge in [-0.25, -0.2) is 4.79 Å². The minimum absolute atomic E-state index is 0.0970. The van der Waals surface area contributed by atoms with Gasteiger partial charge in [0.25, 0.3) is 0 Å². The van der Waals surface area contributed by atoms with Gasteiger partial charge in [0, 0.05) is 11.3 Å². The minimum atomic E-state index is -0.995. The predicted octanol–water partition coefficient (Wildman–Crippen LogP) is 2.71. The average molecular weight is 272 g/mol. The molecular weight excluding hydrogens is 260 g/mol. The first-order valence-electron chi connectivity index (χ1n) is 5.58. The molecule has 2 rings (SSSR count). The molecule has 0 aliphatic heterocycles. The van der Waals surface area contributed by atoms with Gasteiger partial charge in [0.15, 0.2) is 5.11 Å². The Kier molecular flexibility index (Phi) is 3.77. The van der Waals surface area contributed by atoms with E-state index in [9.17, 15) is 9.90 Å². The lowest BCUT2D eigenvalue weighted by atomic mass is 9.97. The smallest absolute Gasteiger partial charge is 0.336 e. The van der Waals surface area contributed by atoms with Crippen LogP contribution in [0, 0.1) is 0 Å². The van der Waals surface area contributed by atoms with Gasteiger partial charge in [-0.3, -0.25) is 0 Å². The molecule has 4 nitrogen and oxygen atoms in total. The number of carboxylic acids is 1. The van der Waals surface area contributed by atoms with Crippen molar-refractivity contribution in [1.82, 2.24) is 0 Å². The first kappa shape index (κ1) is 13.0. The molecule has 2 aromatic rings. The van der Waals surface area contributed by atoms with Gasteiger partial charge in [-0.05, 0) is 29.9 Å². The van der Waals surface area contributed by atoms with Crippen LogP contribution >= 0.6 is 12.2 Å². The van der Waals surface area contributed by atoms with Crippen molar-refractivity contribution in [1.29, 1.82) is 0 Å². The van der Waals surface area contributed by atoms with Crippen LogP contribution in [0.2, 0.25) is 0 Å². The number of carbonyl (C=O) groups is 1. The summed E-state index contributed by atoms with van der Waals surface area (Å²) in [4.78, 5) is 11.3. The molecule has 0 radical (unpaired) electrons. The average Bonchev–Trinajstić information content (AvgIpc) is 2.38. The molecule has 0 saturated heterocycles. The fourth-order valence-corrected chi connectivity index (χ4v) is 1.99. The van der Waals surface area contributed by atoms with Gasteiger partial charge >= 0.3 is 5.97 Å². The molecule has 0 amide bonds. The Labute approximate surface area is 115 Å². The van der Waals surface area contributed by atoms with Crippen molar-refractivity contribution in [3.05, 3.63) is 54.1 Å². The van der Waals surface area contributed by atoms with Crippen LogP contribution in [0.15, 0.2) is 48.5 Å².